The molecule has 0 N–H and O–H groups in total. The van der Waals surface area contributed by atoms with Crippen LogP contribution in [0.1, 0.15) is 38.7 Å². The van der Waals surface area contributed by atoms with Crippen molar-refractivity contribution in [3.05, 3.63) is 29.8 Å². The molecule has 1 fully saturated rings. The zero-order valence-corrected chi connectivity index (χ0v) is 14.6. The fraction of sp³-hybridized carbons (Fsp3) is 0.500. The van der Waals surface area contributed by atoms with E-state index >= 15 is 0 Å². The first kappa shape index (κ1) is 18.7. The molecule has 2 rings (SSSR count). The molecule has 1 heterocycles. The Balaban J connectivity index is 1.99. The summed E-state index contributed by atoms with van der Waals surface area (Å²) in [5.74, 6) is -0.123. The Labute approximate surface area is 147 Å². The van der Waals surface area contributed by atoms with Gasteiger partial charge in [0, 0.05) is 6.54 Å². The highest BCUT2D eigenvalue weighted by Crippen LogP contribution is 2.20. The fourth-order valence-corrected chi connectivity index (χ4v) is 2.59. The lowest BCUT2D eigenvalue weighted by atomic mass is 10.1. The highest BCUT2D eigenvalue weighted by Gasteiger charge is 2.38. The molecular weight excluding hydrogens is 322 g/mol. The van der Waals surface area contributed by atoms with Crippen LogP contribution in [-0.4, -0.2) is 47.7 Å². The Morgan fingerprint density at radius 1 is 1.32 bits per heavy atom. The summed E-state index contributed by atoms with van der Waals surface area (Å²) in [5, 5.41) is 10.1. The maximum absolute atomic E-state index is 12.5. The average molecular weight is 345 g/mol. The van der Waals surface area contributed by atoms with Crippen LogP contribution in [0.3, 0.4) is 0 Å². The lowest BCUT2D eigenvalue weighted by Gasteiger charge is -2.38. The summed E-state index contributed by atoms with van der Waals surface area (Å²) in [7, 11) is 0. The van der Waals surface area contributed by atoms with Gasteiger partial charge in [0.1, 0.15) is 11.8 Å². The predicted molar refractivity (Wildman–Crippen MR) is 90.5 cm³/mol. The first-order chi connectivity index (χ1) is 12.1. The number of unbranched alkanes of at least 4 members (excludes halogenated alkanes) is 1. The van der Waals surface area contributed by atoms with Gasteiger partial charge in [0.05, 0.1) is 24.8 Å². The second-order valence-electron chi connectivity index (χ2n) is 5.72. The third kappa shape index (κ3) is 4.70. The van der Waals surface area contributed by atoms with Gasteiger partial charge < -0.3 is 9.64 Å². The number of nitrogens with zero attached hydrogens (tertiary/aromatic N) is 3. The van der Waals surface area contributed by atoms with E-state index in [1.165, 1.54) is 9.96 Å². The van der Waals surface area contributed by atoms with Crippen molar-refractivity contribution in [2.45, 2.75) is 39.2 Å². The molecule has 134 valence electrons. The summed E-state index contributed by atoms with van der Waals surface area (Å²) in [6.07, 6.45) is 2.31. The Morgan fingerprint density at radius 3 is 2.64 bits per heavy atom. The minimum absolute atomic E-state index is 0.313. The number of ether oxygens (including phenoxy) is 1. The first-order valence-electron chi connectivity index (χ1n) is 8.53. The fourth-order valence-electron chi connectivity index (χ4n) is 2.59. The number of hydrogen-bond donors (Lipinski definition) is 0. The number of carbonyl (C=O) groups is 2. The Hall–Kier alpha value is -2.59. The molecule has 0 spiro atoms. The number of carbonyl (C=O) groups excluding carboxylic acids is 2. The van der Waals surface area contributed by atoms with Crippen LogP contribution in [0.5, 0.6) is 5.75 Å². The molecule has 0 bridgehead atoms. The number of hydrogen-bond acceptors (Lipinski definition) is 5. The summed E-state index contributed by atoms with van der Waals surface area (Å²) in [6.45, 7) is 5.09. The largest absolute Gasteiger partial charge is 0.425 e. The average Bonchev–Trinajstić information content (AvgIpc) is 2.63. The Bertz CT molecular complexity index is 639. The monoisotopic (exact) mass is 345 g/mol. The van der Waals surface area contributed by atoms with Gasteiger partial charge in [0.15, 0.2) is 0 Å². The SMILES string of the molecule is CCCCON1CC[C@@H](C(=O)Oc2ccc(C#N)cc2)N(CC)C1=O. The van der Waals surface area contributed by atoms with Crippen LogP contribution in [0.15, 0.2) is 24.3 Å². The number of urea groups is 1. The van der Waals surface area contributed by atoms with E-state index in [-0.39, 0.29) is 6.03 Å². The van der Waals surface area contributed by atoms with Crippen molar-refractivity contribution in [2.24, 2.45) is 0 Å². The Kier molecular flexibility index (Phi) is 6.78. The number of rotatable bonds is 7. The van der Waals surface area contributed by atoms with Crippen LogP contribution in [0.25, 0.3) is 0 Å². The number of esters is 1. The van der Waals surface area contributed by atoms with Gasteiger partial charge in [-0.2, -0.15) is 5.26 Å². The second kappa shape index (κ2) is 9.04. The lowest BCUT2D eigenvalue weighted by molar-refractivity contribution is -0.157. The third-order valence-electron chi connectivity index (χ3n) is 4.00. The molecular formula is C18H23N3O4. The normalized spacial score (nSPS) is 17.3. The zero-order chi connectivity index (χ0) is 18.2. The van der Waals surface area contributed by atoms with Crippen LogP contribution in [0.2, 0.25) is 0 Å². The number of benzene rings is 1. The molecule has 25 heavy (non-hydrogen) atoms. The first-order valence-corrected chi connectivity index (χ1v) is 8.53. The molecule has 1 aromatic rings. The van der Waals surface area contributed by atoms with E-state index in [0.717, 1.165) is 12.8 Å². The number of hydroxylamine groups is 2. The van der Waals surface area contributed by atoms with Crippen molar-refractivity contribution in [2.75, 3.05) is 19.7 Å². The lowest BCUT2D eigenvalue weighted by Crippen LogP contribution is -2.57. The molecule has 1 aliphatic rings. The van der Waals surface area contributed by atoms with E-state index in [1.54, 1.807) is 24.3 Å². The van der Waals surface area contributed by atoms with Crippen LogP contribution in [-0.2, 0) is 9.63 Å². The summed E-state index contributed by atoms with van der Waals surface area (Å²) in [5.41, 5.74) is 0.489. The number of likely N-dealkylation sites (N-methyl/N-ethyl adjacent to an activating group) is 1. The highest BCUT2D eigenvalue weighted by atomic mass is 16.7. The molecule has 1 aromatic carbocycles. The number of amides is 2. The quantitative estimate of drug-likeness (QED) is 0.431. The van der Waals surface area contributed by atoms with Gasteiger partial charge >= 0.3 is 12.0 Å². The van der Waals surface area contributed by atoms with Crippen LogP contribution in [0.4, 0.5) is 4.79 Å². The molecule has 0 radical (unpaired) electrons. The molecule has 0 aromatic heterocycles. The minimum atomic E-state index is -0.640. The molecule has 2 amide bonds. The van der Waals surface area contributed by atoms with Crippen molar-refractivity contribution in [1.82, 2.24) is 9.96 Å². The Morgan fingerprint density at radius 2 is 2.04 bits per heavy atom. The molecule has 7 nitrogen and oxygen atoms in total. The second-order valence-corrected chi connectivity index (χ2v) is 5.72. The van der Waals surface area contributed by atoms with Crippen LogP contribution >= 0.6 is 0 Å². The van der Waals surface area contributed by atoms with E-state index in [4.69, 9.17) is 14.8 Å². The van der Waals surface area contributed by atoms with E-state index in [9.17, 15) is 9.59 Å². The summed E-state index contributed by atoms with van der Waals surface area (Å²) in [6, 6.07) is 7.34. The van der Waals surface area contributed by atoms with Gasteiger partial charge in [0.2, 0.25) is 0 Å². The molecule has 0 saturated carbocycles. The van der Waals surface area contributed by atoms with Gasteiger partial charge in [-0.15, -0.1) is 0 Å². The molecule has 7 heteroatoms. The smallest absolute Gasteiger partial charge is 0.344 e. The van der Waals surface area contributed by atoms with Gasteiger partial charge in [-0.05, 0) is 44.0 Å². The molecule has 1 aliphatic heterocycles. The van der Waals surface area contributed by atoms with Crippen molar-refractivity contribution in [3.8, 4) is 11.8 Å². The van der Waals surface area contributed by atoms with Crippen molar-refractivity contribution >= 4 is 12.0 Å². The summed E-state index contributed by atoms with van der Waals surface area (Å²) >= 11 is 0. The maximum atomic E-state index is 12.5. The summed E-state index contributed by atoms with van der Waals surface area (Å²) < 4.78 is 5.37. The maximum Gasteiger partial charge on any atom is 0.344 e. The number of nitriles is 1. The van der Waals surface area contributed by atoms with Gasteiger partial charge in [-0.1, -0.05) is 13.3 Å². The molecule has 1 saturated heterocycles. The topological polar surface area (TPSA) is 82.9 Å². The van der Waals surface area contributed by atoms with Gasteiger partial charge in [0.25, 0.3) is 0 Å². The third-order valence-corrected chi connectivity index (χ3v) is 4.00. The predicted octanol–water partition coefficient (Wildman–Crippen LogP) is 2.71. The highest BCUT2D eigenvalue weighted by molar-refractivity contribution is 5.85. The summed E-state index contributed by atoms with van der Waals surface area (Å²) in [4.78, 5) is 31.9. The van der Waals surface area contributed by atoms with Crippen molar-refractivity contribution in [3.63, 3.8) is 0 Å². The van der Waals surface area contributed by atoms with E-state index in [0.29, 0.717) is 37.4 Å². The van der Waals surface area contributed by atoms with E-state index < -0.39 is 12.0 Å². The molecule has 0 aliphatic carbocycles. The van der Waals surface area contributed by atoms with Crippen LogP contribution in [0, 0.1) is 11.3 Å². The van der Waals surface area contributed by atoms with E-state index in [1.807, 2.05) is 13.0 Å². The van der Waals surface area contributed by atoms with Gasteiger partial charge in [-0.25, -0.2) is 14.7 Å². The minimum Gasteiger partial charge on any atom is -0.425 e. The molecule has 1 atom stereocenters. The van der Waals surface area contributed by atoms with Crippen LogP contribution < -0.4 is 4.74 Å². The molecule has 0 unspecified atom stereocenters. The van der Waals surface area contributed by atoms with Crippen molar-refractivity contribution in [1.29, 1.82) is 5.26 Å². The van der Waals surface area contributed by atoms with Crippen molar-refractivity contribution < 1.29 is 19.2 Å². The van der Waals surface area contributed by atoms with E-state index in [2.05, 4.69) is 6.92 Å². The van der Waals surface area contributed by atoms with Gasteiger partial charge in [-0.3, -0.25) is 4.84 Å². The zero-order valence-electron chi connectivity index (χ0n) is 14.6. The standard InChI is InChI=1S/C18H23N3O4/c1-3-5-12-24-21-11-10-16(20(4-2)18(21)23)17(22)25-15-8-6-14(13-19)7-9-15/h6-9,16H,3-5,10-12H2,1-2H3/t16-/m0/s1.